The minimum Gasteiger partial charge on any atom is -0.473 e. The molecule has 2 atom stereocenters. The molecule has 3 rings (SSSR count). The molecule has 1 aromatic heterocycles. The third-order valence-electron chi connectivity index (χ3n) is 4.22. The van der Waals surface area contributed by atoms with Crippen molar-refractivity contribution < 1.29 is 4.74 Å². The Labute approximate surface area is 107 Å². The second-order valence-electron chi connectivity index (χ2n) is 5.23. The number of rotatable bonds is 2. The molecule has 2 saturated heterocycles. The summed E-state index contributed by atoms with van der Waals surface area (Å²) in [4.78, 5) is 6.65. The van der Waals surface area contributed by atoms with E-state index in [4.69, 9.17) is 10.00 Å². The van der Waals surface area contributed by atoms with E-state index in [0.29, 0.717) is 23.5 Å². The van der Waals surface area contributed by atoms with Gasteiger partial charge in [-0.05, 0) is 44.9 Å². The molecule has 3 heterocycles. The summed E-state index contributed by atoms with van der Waals surface area (Å²) in [7, 11) is 2.21. The standard InChI is InChI=1S/C14H17N3O/c1-17-11-4-5-12(17)8-13(7-11)18-14-10(9-15)3-2-6-16-14/h2-3,6,11-13H,4-5,7-8H2,1H3. The number of fused-ring (bicyclic) bond motifs is 2. The predicted molar refractivity (Wildman–Crippen MR) is 67.2 cm³/mol. The minimum absolute atomic E-state index is 0.209. The van der Waals surface area contributed by atoms with Gasteiger partial charge in [0.15, 0.2) is 0 Å². The van der Waals surface area contributed by atoms with Gasteiger partial charge in [0.05, 0.1) is 0 Å². The average molecular weight is 243 g/mol. The number of pyridine rings is 1. The molecule has 4 nitrogen and oxygen atoms in total. The van der Waals surface area contributed by atoms with Gasteiger partial charge in [-0.25, -0.2) is 4.98 Å². The summed E-state index contributed by atoms with van der Waals surface area (Å²) in [5, 5.41) is 9.03. The normalized spacial score (nSPS) is 31.0. The number of aromatic nitrogens is 1. The van der Waals surface area contributed by atoms with Gasteiger partial charge in [0.2, 0.25) is 5.88 Å². The van der Waals surface area contributed by atoms with Gasteiger partial charge < -0.3 is 9.64 Å². The van der Waals surface area contributed by atoms with E-state index in [-0.39, 0.29) is 6.10 Å². The predicted octanol–water partition coefficient (Wildman–Crippen LogP) is 1.96. The molecule has 2 aliphatic rings. The summed E-state index contributed by atoms with van der Waals surface area (Å²) in [5.74, 6) is 0.494. The maximum Gasteiger partial charge on any atom is 0.231 e. The van der Waals surface area contributed by atoms with Crippen LogP contribution in [0.2, 0.25) is 0 Å². The highest BCUT2D eigenvalue weighted by atomic mass is 16.5. The van der Waals surface area contributed by atoms with Gasteiger partial charge in [0.1, 0.15) is 17.7 Å². The highest BCUT2D eigenvalue weighted by Crippen LogP contribution is 2.35. The van der Waals surface area contributed by atoms with Crippen LogP contribution in [0.4, 0.5) is 0 Å². The first-order valence-electron chi connectivity index (χ1n) is 6.51. The Bertz CT molecular complexity index is 468. The third-order valence-corrected chi connectivity index (χ3v) is 4.22. The van der Waals surface area contributed by atoms with Crippen LogP contribution in [0.5, 0.6) is 5.88 Å². The van der Waals surface area contributed by atoms with E-state index >= 15 is 0 Å². The van der Waals surface area contributed by atoms with Gasteiger partial charge in [0.25, 0.3) is 0 Å². The van der Waals surface area contributed by atoms with E-state index in [1.165, 1.54) is 12.8 Å². The second-order valence-corrected chi connectivity index (χ2v) is 5.23. The Hall–Kier alpha value is -1.60. The molecule has 0 aliphatic carbocycles. The molecule has 0 amide bonds. The lowest BCUT2D eigenvalue weighted by atomic mass is 10.0. The molecule has 1 aromatic rings. The van der Waals surface area contributed by atoms with Crippen LogP contribution in [0.1, 0.15) is 31.2 Å². The van der Waals surface area contributed by atoms with Crippen molar-refractivity contribution in [2.45, 2.75) is 43.9 Å². The third kappa shape index (κ3) is 1.95. The quantitative estimate of drug-likeness (QED) is 0.796. The molecule has 0 aromatic carbocycles. The summed E-state index contributed by atoms with van der Waals surface area (Å²) >= 11 is 0. The van der Waals surface area contributed by atoms with Crippen molar-refractivity contribution in [1.29, 1.82) is 5.26 Å². The van der Waals surface area contributed by atoms with E-state index in [9.17, 15) is 0 Å². The molecule has 0 radical (unpaired) electrons. The Kier molecular flexibility index (Phi) is 2.92. The zero-order chi connectivity index (χ0) is 12.5. The van der Waals surface area contributed by atoms with Crippen LogP contribution in [0.25, 0.3) is 0 Å². The fourth-order valence-electron chi connectivity index (χ4n) is 3.19. The SMILES string of the molecule is CN1C2CCC1CC(Oc1ncccc1C#N)C2. The lowest BCUT2D eigenvalue weighted by Crippen LogP contribution is -2.44. The van der Waals surface area contributed by atoms with Crippen molar-refractivity contribution in [2.24, 2.45) is 0 Å². The van der Waals surface area contributed by atoms with Gasteiger partial charge in [-0.3, -0.25) is 0 Å². The lowest BCUT2D eigenvalue weighted by molar-refractivity contribution is 0.0630. The van der Waals surface area contributed by atoms with Crippen LogP contribution in [0, 0.1) is 11.3 Å². The molecule has 18 heavy (non-hydrogen) atoms. The van der Waals surface area contributed by atoms with Gasteiger partial charge >= 0.3 is 0 Å². The number of piperidine rings is 1. The smallest absolute Gasteiger partial charge is 0.231 e. The molecule has 0 saturated carbocycles. The zero-order valence-corrected chi connectivity index (χ0v) is 10.5. The average Bonchev–Trinajstić information content (AvgIpc) is 2.63. The number of ether oxygens (including phenoxy) is 1. The Morgan fingerprint density at radius 2 is 2.11 bits per heavy atom. The van der Waals surface area contributed by atoms with Gasteiger partial charge in [-0.2, -0.15) is 5.26 Å². The number of hydrogen-bond donors (Lipinski definition) is 0. The highest BCUT2D eigenvalue weighted by Gasteiger charge is 2.39. The lowest BCUT2D eigenvalue weighted by Gasteiger charge is -2.36. The summed E-state index contributed by atoms with van der Waals surface area (Å²) in [6, 6.07) is 6.94. The zero-order valence-electron chi connectivity index (χ0n) is 10.5. The largest absolute Gasteiger partial charge is 0.473 e. The van der Waals surface area contributed by atoms with Gasteiger partial charge in [-0.1, -0.05) is 0 Å². The van der Waals surface area contributed by atoms with Crippen LogP contribution in [0.15, 0.2) is 18.3 Å². The maximum absolute atomic E-state index is 9.03. The molecule has 2 bridgehead atoms. The minimum atomic E-state index is 0.209. The van der Waals surface area contributed by atoms with Crippen LogP contribution in [0.3, 0.4) is 0 Å². The summed E-state index contributed by atoms with van der Waals surface area (Å²) in [6.07, 6.45) is 6.53. The molecular weight excluding hydrogens is 226 g/mol. The summed E-state index contributed by atoms with van der Waals surface area (Å²) in [5.41, 5.74) is 0.531. The van der Waals surface area contributed by atoms with Gasteiger partial charge in [-0.15, -0.1) is 0 Å². The van der Waals surface area contributed by atoms with Crippen molar-refractivity contribution in [3.8, 4) is 11.9 Å². The monoisotopic (exact) mass is 243 g/mol. The fraction of sp³-hybridized carbons (Fsp3) is 0.571. The Morgan fingerprint density at radius 1 is 1.39 bits per heavy atom. The van der Waals surface area contributed by atoms with E-state index in [1.54, 1.807) is 18.3 Å². The molecule has 0 spiro atoms. The van der Waals surface area contributed by atoms with E-state index in [2.05, 4.69) is 23.0 Å². The van der Waals surface area contributed by atoms with Crippen molar-refractivity contribution in [1.82, 2.24) is 9.88 Å². The first-order valence-corrected chi connectivity index (χ1v) is 6.51. The molecule has 2 aliphatic heterocycles. The van der Waals surface area contributed by atoms with Crippen LogP contribution in [-0.4, -0.2) is 35.1 Å². The van der Waals surface area contributed by atoms with Crippen molar-refractivity contribution in [3.05, 3.63) is 23.9 Å². The number of nitrogens with zero attached hydrogens (tertiary/aromatic N) is 3. The van der Waals surface area contributed by atoms with E-state index < -0.39 is 0 Å². The first kappa shape index (κ1) is 11.5. The van der Waals surface area contributed by atoms with Crippen molar-refractivity contribution in [2.75, 3.05) is 7.05 Å². The molecule has 94 valence electrons. The maximum atomic E-state index is 9.03. The highest BCUT2D eigenvalue weighted by molar-refractivity contribution is 5.37. The molecule has 2 fully saturated rings. The van der Waals surface area contributed by atoms with Crippen LogP contribution >= 0.6 is 0 Å². The molecule has 4 heteroatoms. The number of nitriles is 1. The van der Waals surface area contributed by atoms with E-state index in [0.717, 1.165) is 12.8 Å². The van der Waals surface area contributed by atoms with Crippen molar-refractivity contribution in [3.63, 3.8) is 0 Å². The summed E-state index contributed by atoms with van der Waals surface area (Å²) < 4.78 is 5.95. The molecular formula is C14H17N3O. The topological polar surface area (TPSA) is 49.1 Å². The molecule has 0 N–H and O–H groups in total. The summed E-state index contributed by atoms with van der Waals surface area (Å²) in [6.45, 7) is 0. The van der Waals surface area contributed by atoms with Gasteiger partial charge in [0, 0.05) is 18.3 Å². The number of hydrogen-bond acceptors (Lipinski definition) is 4. The van der Waals surface area contributed by atoms with Crippen molar-refractivity contribution >= 4 is 0 Å². The Balaban J connectivity index is 1.73. The Morgan fingerprint density at radius 3 is 2.78 bits per heavy atom. The fourth-order valence-corrected chi connectivity index (χ4v) is 3.19. The van der Waals surface area contributed by atoms with E-state index in [1.807, 2.05) is 0 Å². The second kappa shape index (κ2) is 4.58. The first-order chi connectivity index (χ1) is 8.78. The molecule has 2 unspecified atom stereocenters. The van der Waals surface area contributed by atoms with Crippen LogP contribution < -0.4 is 4.74 Å². The van der Waals surface area contributed by atoms with Crippen LogP contribution in [-0.2, 0) is 0 Å².